The molecule has 2 aliphatic carbocycles. The van der Waals surface area contributed by atoms with Gasteiger partial charge in [0.2, 0.25) is 5.60 Å². The van der Waals surface area contributed by atoms with Gasteiger partial charge >= 0.3 is 53.7 Å². The summed E-state index contributed by atoms with van der Waals surface area (Å²) in [4.78, 5) is 130. The van der Waals surface area contributed by atoms with E-state index in [1.54, 1.807) is 24.3 Å². The molecule has 1 saturated heterocycles. The highest BCUT2D eigenvalue weighted by atomic mass is 16.7. The average Bonchev–Trinajstić information content (AvgIpc) is 3.53. The van der Waals surface area contributed by atoms with Crippen molar-refractivity contribution in [3.63, 3.8) is 0 Å². The first-order valence-electron chi connectivity index (χ1n) is 22.5. The molecule has 3 heterocycles. The van der Waals surface area contributed by atoms with E-state index in [0.29, 0.717) is 0 Å². The number of nitrogens with zero attached hydrogens (tertiary/aromatic N) is 1. The summed E-state index contributed by atoms with van der Waals surface area (Å²) >= 11 is 0. The predicted octanol–water partition coefficient (Wildman–Crippen LogP) is 3.14. The summed E-state index contributed by atoms with van der Waals surface area (Å²) < 4.78 is 61.9. The minimum Gasteiger partial charge on any atom is -0.465 e. The Hall–Kier alpha value is -7.26. The van der Waals surface area contributed by atoms with Crippen molar-refractivity contribution in [2.75, 3.05) is 13.2 Å². The van der Waals surface area contributed by atoms with E-state index >= 15 is 4.79 Å². The van der Waals surface area contributed by atoms with Crippen LogP contribution in [0.4, 0.5) is 0 Å². The van der Waals surface area contributed by atoms with Gasteiger partial charge in [-0.2, -0.15) is 0 Å². The molecule has 1 spiro atoms. The summed E-state index contributed by atoms with van der Waals surface area (Å²) in [5, 5.41) is 14.0. The van der Waals surface area contributed by atoms with Crippen molar-refractivity contribution >= 4 is 53.7 Å². The van der Waals surface area contributed by atoms with Gasteiger partial charge in [-0.1, -0.05) is 36.4 Å². The lowest BCUT2D eigenvalue weighted by molar-refractivity contribution is -0.386. The summed E-state index contributed by atoms with van der Waals surface area (Å²) in [7, 11) is 0. The normalized spacial score (nSPS) is 32.9. The maximum Gasteiger partial charge on any atom is 0.350 e. The second-order valence-corrected chi connectivity index (χ2v) is 18.4. The number of aromatic nitrogens is 1. The largest absolute Gasteiger partial charge is 0.465 e. The first-order chi connectivity index (χ1) is 33.4. The number of hydrogen-bond donors (Lipinski definition) is 1. The molecule has 2 saturated carbocycles. The van der Waals surface area contributed by atoms with E-state index in [9.17, 15) is 43.5 Å². The minimum absolute atomic E-state index is 0.000141. The lowest BCUT2D eigenvalue weighted by Gasteiger charge is -2.67. The molecule has 21 nitrogen and oxygen atoms in total. The van der Waals surface area contributed by atoms with E-state index in [1.165, 1.54) is 68.6 Å². The van der Waals surface area contributed by atoms with Gasteiger partial charge in [-0.3, -0.25) is 29.0 Å². The number of fused-ring (bicyclic) bond motifs is 5. The zero-order chi connectivity index (χ0) is 51.8. The molecule has 4 bridgehead atoms. The van der Waals surface area contributed by atoms with E-state index in [-0.39, 0.29) is 28.8 Å². The van der Waals surface area contributed by atoms with Crippen LogP contribution in [0.25, 0.3) is 0 Å². The fourth-order valence-corrected chi connectivity index (χ4v) is 10.7. The van der Waals surface area contributed by atoms with Gasteiger partial charge in [-0.05, 0) is 63.6 Å². The van der Waals surface area contributed by atoms with Crippen molar-refractivity contribution < 1.29 is 95.6 Å². The highest BCUT2D eigenvalue weighted by Gasteiger charge is 2.92. The van der Waals surface area contributed by atoms with Crippen molar-refractivity contribution in [2.24, 2.45) is 11.3 Å². The third kappa shape index (κ3) is 9.19. The SMILES string of the molecule is CC(=O)OC[C@]12[C@H](OC(C)=O)[C@H](OC(C)=O)[C@@H]3[C@@H](OC(=O)c4ccccc4)[C@@]14O[C@@]3(C)COC(=O)c1cccnc1CC[C@@](C)(OC(=O)c1ccccc1)C(=O)O[C@@H]([C@H](OC(C)=O)[C@@H]2OC(C)=O)[C@]4(C)O. The fraction of sp³-hybridized carbons (Fsp3) is 0.480. The molecule has 1 aromatic heterocycles. The number of carbonyl (C=O) groups is 9. The maximum absolute atomic E-state index is 15.3. The Morgan fingerprint density at radius 3 is 1.79 bits per heavy atom. The molecular weight excluding hydrogens is 935 g/mol. The zero-order valence-electron chi connectivity index (χ0n) is 40.0. The molecular formula is C50H53NO20. The summed E-state index contributed by atoms with van der Waals surface area (Å²) in [5.41, 5.74) is -13.5. The quantitative estimate of drug-likeness (QED) is 0.226. The molecule has 21 heteroatoms. The van der Waals surface area contributed by atoms with Gasteiger partial charge in [0.05, 0.1) is 28.3 Å². The highest BCUT2D eigenvalue weighted by molar-refractivity contribution is 5.93. The van der Waals surface area contributed by atoms with E-state index < -0.39 is 144 Å². The van der Waals surface area contributed by atoms with Crippen molar-refractivity contribution in [3.8, 4) is 0 Å². The number of pyridine rings is 1. The Balaban J connectivity index is 1.62. The highest BCUT2D eigenvalue weighted by Crippen LogP contribution is 2.70. The van der Waals surface area contributed by atoms with E-state index in [0.717, 1.165) is 41.5 Å². The van der Waals surface area contributed by atoms with Gasteiger partial charge in [0.25, 0.3) is 0 Å². The number of benzene rings is 2. The second-order valence-electron chi connectivity index (χ2n) is 18.4. The minimum atomic E-state index is -3.06. The Morgan fingerprint density at radius 2 is 1.23 bits per heavy atom. The first kappa shape index (κ1) is 51.6. The van der Waals surface area contributed by atoms with Crippen LogP contribution in [0.1, 0.15) is 98.6 Å². The van der Waals surface area contributed by atoms with Crippen LogP contribution in [0, 0.1) is 11.3 Å². The van der Waals surface area contributed by atoms with E-state index in [4.69, 9.17) is 47.4 Å². The number of ether oxygens (including phenoxy) is 10. The van der Waals surface area contributed by atoms with Crippen molar-refractivity contribution in [1.29, 1.82) is 0 Å². The van der Waals surface area contributed by atoms with Crippen LogP contribution in [0.3, 0.4) is 0 Å². The average molecular weight is 988 g/mol. The Labute approximate surface area is 406 Å². The Bertz CT molecular complexity index is 2620. The lowest BCUT2D eigenvalue weighted by Crippen LogP contribution is -2.89. The van der Waals surface area contributed by atoms with Crippen LogP contribution in [0.15, 0.2) is 79.0 Å². The molecule has 0 unspecified atom stereocenters. The van der Waals surface area contributed by atoms with Gasteiger partial charge in [-0.25, -0.2) is 19.2 Å². The number of hydrogen-bond acceptors (Lipinski definition) is 21. The topological polar surface area (TPSA) is 279 Å². The fourth-order valence-electron chi connectivity index (χ4n) is 10.7. The number of carbonyl (C=O) groups excluding carboxylic acids is 9. The second kappa shape index (κ2) is 19.5. The smallest absolute Gasteiger partial charge is 0.350 e. The molecule has 0 radical (unpaired) electrons. The number of aryl methyl sites for hydroxylation is 1. The monoisotopic (exact) mass is 987 g/mol. The molecule has 7 rings (SSSR count). The zero-order valence-corrected chi connectivity index (χ0v) is 40.0. The van der Waals surface area contributed by atoms with Crippen LogP contribution in [0.5, 0.6) is 0 Å². The van der Waals surface area contributed by atoms with Crippen molar-refractivity contribution in [3.05, 3.63) is 101 Å². The maximum atomic E-state index is 15.3. The summed E-state index contributed by atoms with van der Waals surface area (Å²) in [5.74, 6) is -11.7. The molecule has 2 aromatic carbocycles. The Kier molecular flexibility index (Phi) is 14.2. The third-order valence-electron chi connectivity index (χ3n) is 13.5. The standard InChI is InChI=1S/C50H53NO20/c1-26(52)62-25-49-40(66-29(4)55)36(64-27(2)53)35-38(68-42(57)31-16-11-9-12-17-31)50(49)48(8,61)39(37(65-28(3)54)41(49)67-30(5)56)69-45(60)46(6,70-43(58)32-18-13-10-14-19-32)22-21-34-33(20-15-23-51-34)44(59)63-24-47(35,7)71-50/h9-20,23,35-41,61H,21-22,24-25H2,1-8H3/t35-,36-,37+,38-,39+,40-,41+,46-,47+,48+,49-,50+/m1/s1. The number of cyclic esters (lactones) is 1. The van der Waals surface area contributed by atoms with Crippen LogP contribution in [-0.2, 0) is 82.6 Å². The molecule has 0 amide bonds. The molecule has 2 aliphatic heterocycles. The number of esters is 9. The first-order valence-corrected chi connectivity index (χ1v) is 22.5. The van der Waals surface area contributed by atoms with Gasteiger partial charge in [0.15, 0.2) is 30.0 Å². The molecule has 71 heavy (non-hydrogen) atoms. The van der Waals surface area contributed by atoms with Crippen LogP contribution >= 0.6 is 0 Å². The summed E-state index contributed by atoms with van der Waals surface area (Å²) in [6.07, 6.45) is -12.4. The van der Waals surface area contributed by atoms with Gasteiger partial charge in [0, 0.05) is 47.2 Å². The van der Waals surface area contributed by atoms with Gasteiger partial charge in [0.1, 0.15) is 42.0 Å². The van der Waals surface area contributed by atoms with E-state index in [1.807, 2.05) is 0 Å². The lowest BCUT2D eigenvalue weighted by atomic mass is 9.45. The summed E-state index contributed by atoms with van der Waals surface area (Å²) in [6, 6.07) is 17.8. The Morgan fingerprint density at radius 1 is 0.676 bits per heavy atom. The molecule has 4 aliphatic rings. The van der Waals surface area contributed by atoms with Gasteiger partial charge in [-0.15, -0.1) is 0 Å². The molecule has 3 aromatic rings. The van der Waals surface area contributed by atoms with Crippen LogP contribution < -0.4 is 0 Å². The molecule has 378 valence electrons. The number of aliphatic hydroxyl groups is 1. The predicted molar refractivity (Wildman–Crippen MR) is 236 cm³/mol. The van der Waals surface area contributed by atoms with E-state index in [2.05, 4.69) is 4.98 Å². The van der Waals surface area contributed by atoms with Crippen LogP contribution in [-0.4, -0.2) is 136 Å². The van der Waals surface area contributed by atoms with Crippen molar-refractivity contribution in [2.45, 2.75) is 127 Å². The number of rotatable bonds is 10. The summed E-state index contributed by atoms with van der Waals surface area (Å²) in [6.45, 7) is 6.32. The molecule has 3 fully saturated rings. The molecule has 12 atom stereocenters. The van der Waals surface area contributed by atoms with Gasteiger partial charge < -0.3 is 52.5 Å². The molecule has 1 N–H and O–H groups in total. The van der Waals surface area contributed by atoms with Crippen LogP contribution in [0.2, 0.25) is 0 Å². The van der Waals surface area contributed by atoms with Crippen molar-refractivity contribution in [1.82, 2.24) is 4.98 Å². The third-order valence-corrected chi connectivity index (χ3v) is 13.5.